The number of benzene rings is 2. The van der Waals surface area contributed by atoms with Crippen molar-refractivity contribution < 1.29 is 9.47 Å². The number of aryl methyl sites for hydroxylation is 1. The number of anilines is 2. The summed E-state index contributed by atoms with van der Waals surface area (Å²) in [5.74, 6) is 1.41. The van der Waals surface area contributed by atoms with Crippen LogP contribution in [0.2, 0.25) is 0 Å². The van der Waals surface area contributed by atoms with Gasteiger partial charge < -0.3 is 19.7 Å². The number of ether oxygens (including phenoxy) is 2. The smallest absolute Gasteiger partial charge is 0.124 e. The molecular weight excluding hydrogens is 430 g/mol. The highest BCUT2D eigenvalue weighted by Crippen LogP contribution is 2.34. The van der Waals surface area contributed by atoms with Gasteiger partial charge in [-0.2, -0.15) is 10.4 Å². The highest BCUT2D eigenvalue weighted by atomic mass is 16.5. The lowest BCUT2D eigenvalue weighted by atomic mass is 10.2. The van der Waals surface area contributed by atoms with E-state index in [-0.39, 0.29) is 0 Å². The molecule has 0 saturated heterocycles. The fraction of sp³-hybridized carbons (Fsp3) is 0.280. The summed E-state index contributed by atoms with van der Waals surface area (Å²) < 4.78 is 12.7. The van der Waals surface area contributed by atoms with Crippen LogP contribution in [0.1, 0.15) is 6.42 Å². The molecule has 0 amide bonds. The van der Waals surface area contributed by atoms with Gasteiger partial charge in [0, 0.05) is 74.4 Å². The first-order valence-corrected chi connectivity index (χ1v) is 11.0. The first-order valence-electron chi connectivity index (χ1n) is 11.0. The lowest BCUT2D eigenvalue weighted by Gasteiger charge is -2.26. The monoisotopic (exact) mass is 457 g/mol. The van der Waals surface area contributed by atoms with E-state index in [0.717, 1.165) is 33.7 Å². The van der Waals surface area contributed by atoms with Crippen LogP contribution in [0.5, 0.6) is 11.5 Å². The molecule has 4 aromatic rings. The lowest BCUT2D eigenvalue weighted by molar-refractivity contribution is 0.394. The van der Waals surface area contributed by atoms with Gasteiger partial charge in [0.25, 0.3) is 0 Å². The number of rotatable bonds is 10. The average molecular weight is 458 g/mol. The van der Waals surface area contributed by atoms with Gasteiger partial charge in [-0.25, -0.2) is 4.98 Å². The molecule has 1 N–H and O–H groups in total. The third-order valence-corrected chi connectivity index (χ3v) is 5.41. The summed E-state index contributed by atoms with van der Waals surface area (Å²) in [4.78, 5) is 11.6. The molecule has 0 bridgehead atoms. The van der Waals surface area contributed by atoms with Crippen LogP contribution in [0, 0.1) is 11.3 Å². The topological polar surface area (TPSA) is 101 Å². The van der Waals surface area contributed by atoms with E-state index in [1.165, 1.54) is 0 Å². The molecule has 4 rings (SSSR count). The normalized spacial score (nSPS) is 10.8. The lowest BCUT2D eigenvalue weighted by Crippen LogP contribution is -2.29. The van der Waals surface area contributed by atoms with Crippen molar-refractivity contribution in [2.24, 2.45) is 7.05 Å². The quantitative estimate of drug-likeness (QED) is 0.360. The third-order valence-electron chi connectivity index (χ3n) is 5.41. The van der Waals surface area contributed by atoms with E-state index >= 15 is 0 Å². The van der Waals surface area contributed by atoms with Crippen molar-refractivity contribution >= 4 is 22.4 Å². The predicted molar refractivity (Wildman–Crippen MR) is 131 cm³/mol. The number of fused-ring (bicyclic) bond motifs is 1. The summed E-state index contributed by atoms with van der Waals surface area (Å²) in [5, 5.41) is 16.4. The van der Waals surface area contributed by atoms with E-state index in [0.29, 0.717) is 37.6 Å². The number of nitrogens with zero attached hydrogens (tertiary/aromatic N) is 6. The number of methoxy groups -OCH3 is 2. The molecule has 34 heavy (non-hydrogen) atoms. The minimum Gasteiger partial charge on any atom is -0.497 e. The number of hydrogen-bond donors (Lipinski definition) is 1. The molecule has 2 heterocycles. The standard InChI is InChI=1S/C25H27N7O2/c1-31-17-18(15-29-31)25-16-28-23-6-5-19(13-24(23)30-25)32(10-9-27-8-4-7-26)20-11-21(33-2)14-22(12-20)34-3/h5-6,11-17,27H,4,8-10H2,1-3H3. The third kappa shape index (κ3) is 5.24. The molecule has 0 unspecified atom stereocenters. The minimum atomic E-state index is 0.468. The maximum Gasteiger partial charge on any atom is 0.124 e. The summed E-state index contributed by atoms with van der Waals surface area (Å²) in [5.41, 5.74) is 5.17. The Balaban J connectivity index is 1.72. The van der Waals surface area contributed by atoms with E-state index in [1.54, 1.807) is 31.3 Å². The second-order valence-corrected chi connectivity index (χ2v) is 7.71. The van der Waals surface area contributed by atoms with Crippen LogP contribution in [-0.2, 0) is 7.05 Å². The van der Waals surface area contributed by atoms with Gasteiger partial charge in [0.2, 0.25) is 0 Å². The Bertz CT molecular complexity index is 1290. The van der Waals surface area contributed by atoms with Gasteiger partial charge in [0.15, 0.2) is 0 Å². The van der Waals surface area contributed by atoms with Gasteiger partial charge in [-0.05, 0) is 18.2 Å². The van der Waals surface area contributed by atoms with Gasteiger partial charge in [-0.1, -0.05) is 0 Å². The molecule has 9 nitrogen and oxygen atoms in total. The van der Waals surface area contributed by atoms with E-state index in [4.69, 9.17) is 19.7 Å². The molecule has 0 radical (unpaired) electrons. The van der Waals surface area contributed by atoms with Crippen molar-refractivity contribution in [2.75, 3.05) is 38.8 Å². The second-order valence-electron chi connectivity index (χ2n) is 7.71. The first kappa shape index (κ1) is 23.0. The summed E-state index contributed by atoms with van der Waals surface area (Å²) >= 11 is 0. The molecule has 0 fully saturated rings. The summed E-state index contributed by atoms with van der Waals surface area (Å²) in [6.45, 7) is 2.01. The van der Waals surface area contributed by atoms with Gasteiger partial charge in [-0.15, -0.1) is 0 Å². The predicted octanol–water partition coefficient (Wildman–Crippen LogP) is 3.69. The first-order chi connectivity index (χ1) is 16.6. The van der Waals surface area contributed by atoms with Crippen LogP contribution in [-0.4, -0.2) is 53.6 Å². The highest BCUT2D eigenvalue weighted by Gasteiger charge is 2.14. The van der Waals surface area contributed by atoms with Crippen LogP contribution >= 0.6 is 0 Å². The molecular formula is C25H27N7O2. The van der Waals surface area contributed by atoms with Crippen LogP contribution in [0.25, 0.3) is 22.3 Å². The van der Waals surface area contributed by atoms with Crippen LogP contribution in [0.3, 0.4) is 0 Å². The molecule has 9 heteroatoms. The van der Waals surface area contributed by atoms with Crippen LogP contribution in [0.4, 0.5) is 11.4 Å². The molecule has 2 aromatic heterocycles. The maximum absolute atomic E-state index is 8.81. The fourth-order valence-electron chi connectivity index (χ4n) is 3.68. The Morgan fingerprint density at radius 3 is 2.47 bits per heavy atom. The van der Waals surface area contributed by atoms with E-state index in [2.05, 4.69) is 26.4 Å². The van der Waals surface area contributed by atoms with Crippen molar-refractivity contribution in [3.63, 3.8) is 0 Å². The Labute approximate surface area is 198 Å². The van der Waals surface area contributed by atoms with Crippen LogP contribution in [0.15, 0.2) is 55.0 Å². The molecule has 0 saturated carbocycles. The molecule has 174 valence electrons. The number of nitrogens with one attached hydrogen (secondary N) is 1. The largest absolute Gasteiger partial charge is 0.497 e. The Kier molecular flexibility index (Phi) is 7.20. The zero-order chi connectivity index (χ0) is 23.9. The second kappa shape index (κ2) is 10.6. The Morgan fingerprint density at radius 1 is 1.00 bits per heavy atom. The SMILES string of the molecule is COc1cc(OC)cc(N(CCNCCC#N)c2ccc3ncc(-c4cnn(C)c4)nc3c2)c1. The fourth-order valence-corrected chi connectivity index (χ4v) is 3.68. The van der Waals surface area contributed by atoms with Crippen molar-refractivity contribution in [3.05, 3.63) is 55.0 Å². The van der Waals surface area contributed by atoms with Crippen molar-refractivity contribution in [3.8, 4) is 28.8 Å². The van der Waals surface area contributed by atoms with Crippen molar-refractivity contribution in [1.82, 2.24) is 25.1 Å². The van der Waals surface area contributed by atoms with Crippen molar-refractivity contribution in [1.29, 1.82) is 5.26 Å². The Morgan fingerprint density at radius 2 is 1.79 bits per heavy atom. The number of hydrogen-bond acceptors (Lipinski definition) is 8. The highest BCUT2D eigenvalue weighted by molar-refractivity contribution is 5.82. The summed E-state index contributed by atoms with van der Waals surface area (Å²) in [6.07, 6.45) is 5.93. The molecule has 0 aliphatic carbocycles. The summed E-state index contributed by atoms with van der Waals surface area (Å²) in [7, 11) is 5.15. The molecule has 0 aliphatic rings. The average Bonchev–Trinajstić information content (AvgIpc) is 3.31. The number of nitriles is 1. The van der Waals surface area contributed by atoms with E-state index in [9.17, 15) is 0 Å². The van der Waals surface area contributed by atoms with Gasteiger partial charge in [0.1, 0.15) is 11.5 Å². The maximum atomic E-state index is 8.81. The molecule has 0 atom stereocenters. The minimum absolute atomic E-state index is 0.468. The van der Waals surface area contributed by atoms with E-state index in [1.807, 2.05) is 49.6 Å². The van der Waals surface area contributed by atoms with E-state index < -0.39 is 0 Å². The molecule has 0 aliphatic heterocycles. The van der Waals surface area contributed by atoms with Crippen LogP contribution < -0.4 is 19.7 Å². The zero-order valence-electron chi connectivity index (χ0n) is 19.5. The van der Waals surface area contributed by atoms with Gasteiger partial charge in [-0.3, -0.25) is 9.67 Å². The Hall–Kier alpha value is -4.16. The van der Waals surface area contributed by atoms with Gasteiger partial charge >= 0.3 is 0 Å². The van der Waals surface area contributed by atoms with Crippen molar-refractivity contribution in [2.45, 2.75) is 6.42 Å². The zero-order valence-corrected chi connectivity index (χ0v) is 19.5. The van der Waals surface area contributed by atoms with Gasteiger partial charge in [0.05, 0.1) is 49.4 Å². The number of aromatic nitrogens is 4. The molecule has 2 aromatic carbocycles. The molecule has 0 spiro atoms. The summed E-state index contributed by atoms with van der Waals surface area (Å²) in [6, 6.07) is 14.0.